The fraction of sp³-hybridized carbons (Fsp3) is 0.526. The number of hydrogen-bond acceptors (Lipinski definition) is 3. The van der Waals surface area contributed by atoms with Crippen molar-refractivity contribution in [1.29, 1.82) is 0 Å². The minimum absolute atomic E-state index is 0.233. The van der Waals surface area contributed by atoms with Gasteiger partial charge < -0.3 is 15.3 Å². The van der Waals surface area contributed by atoms with Gasteiger partial charge in [-0.05, 0) is 73.6 Å². The first-order chi connectivity index (χ1) is 18.3. The molecule has 3 N–H and O–H groups in total. The smallest absolute Gasteiger partial charge is 0.127 e. The van der Waals surface area contributed by atoms with Crippen LogP contribution in [-0.4, -0.2) is 15.3 Å². The minimum Gasteiger partial charge on any atom is -0.508 e. The molecule has 0 aliphatic heterocycles. The summed E-state index contributed by atoms with van der Waals surface area (Å²) in [6.45, 7) is 32.1. The Morgan fingerprint density at radius 3 is 1.27 bits per heavy atom. The van der Waals surface area contributed by atoms with Crippen molar-refractivity contribution in [2.75, 3.05) is 0 Å². The van der Waals surface area contributed by atoms with Gasteiger partial charge in [0.2, 0.25) is 0 Å². The molecule has 0 fully saturated rings. The SMILES string of the molecule is CC(C)(C)c1cc(-c2c(C(C)(C)C)cc(-c3cccc(O)c3C(C)(C)C)c(O)c2C(C)(C)C)cc(C(C)(C)C)c1O. The maximum absolute atomic E-state index is 12.3. The summed E-state index contributed by atoms with van der Waals surface area (Å²) < 4.78 is 0. The number of phenolic OH excluding ortho intramolecular Hbond substituents is 3. The van der Waals surface area contributed by atoms with E-state index in [-0.39, 0.29) is 33.2 Å². The van der Waals surface area contributed by atoms with E-state index in [0.717, 1.165) is 50.1 Å². The van der Waals surface area contributed by atoms with Crippen LogP contribution in [0.4, 0.5) is 0 Å². The highest BCUT2D eigenvalue weighted by Gasteiger charge is 2.35. The van der Waals surface area contributed by atoms with Crippen molar-refractivity contribution in [3.05, 3.63) is 64.2 Å². The normalized spacial score (nSPS) is 13.5. The van der Waals surface area contributed by atoms with E-state index in [0.29, 0.717) is 5.75 Å². The highest BCUT2D eigenvalue weighted by molar-refractivity contribution is 5.87. The Balaban J connectivity index is 2.67. The van der Waals surface area contributed by atoms with E-state index in [9.17, 15) is 15.3 Å². The van der Waals surface area contributed by atoms with E-state index >= 15 is 0 Å². The summed E-state index contributed by atoms with van der Waals surface area (Å²) in [5.74, 6) is 0.814. The summed E-state index contributed by atoms with van der Waals surface area (Å²) in [4.78, 5) is 0. The Labute approximate surface area is 249 Å². The molecule has 3 aromatic rings. The van der Waals surface area contributed by atoms with Gasteiger partial charge in [-0.15, -0.1) is 0 Å². The van der Waals surface area contributed by atoms with Crippen molar-refractivity contribution >= 4 is 0 Å². The summed E-state index contributed by atoms with van der Waals surface area (Å²) in [5, 5.41) is 34.8. The lowest BCUT2D eigenvalue weighted by molar-refractivity contribution is 0.423. The van der Waals surface area contributed by atoms with Gasteiger partial charge in [0.05, 0.1) is 0 Å². The zero-order chi connectivity index (χ0) is 31.7. The van der Waals surface area contributed by atoms with Crippen LogP contribution in [0, 0.1) is 0 Å². The van der Waals surface area contributed by atoms with Crippen LogP contribution in [0.1, 0.15) is 132 Å². The summed E-state index contributed by atoms with van der Waals surface area (Å²) in [6, 6.07) is 12.0. The Bertz CT molecular complexity index is 1420. The number of hydrogen-bond donors (Lipinski definition) is 3. The van der Waals surface area contributed by atoms with Gasteiger partial charge in [-0.1, -0.05) is 116 Å². The van der Waals surface area contributed by atoms with Gasteiger partial charge in [-0.2, -0.15) is 0 Å². The summed E-state index contributed by atoms with van der Waals surface area (Å²) >= 11 is 0. The van der Waals surface area contributed by atoms with Gasteiger partial charge in [0.1, 0.15) is 17.2 Å². The molecule has 0 radical (unpaired) electrons. The highest BCUT2D eigenvalue weighted by Crippen LogP contribution is 2.53. The summed E-state index contributed by atoms with van der Waals surface area (Å²) in [7, 11) is 0. The zero-order valence-electron chi connectivity index (χ0n) is 28.3. The first kappa shape index (κ1) is 32.6. The molecule has 0 amide bonds. The average molecular weight is 559 g/mol. The van der Waals surface area contributed by atoms with Crippen molar-refractivity contribution in [1.82, 2.24) is 0 Å². The molecular weight excluding hydrogens is 504 g/mol. The van der Waals surface area contributed by atoms with Crippen LogP contribution in [0.3, 0.4) is 0 Å². The van der Waals surface area contributed by atoms with Crippen LogP contribution >= 0.6 is 0 Å². The summed E-state index contributed by atoms with van der Waals surface area (Å²) in [5.41, 5.74) is 6.60. The van der Waals surface area contributed by atoms with Gasteiger partial charge >= 0.3 is 0 Å². The second-order valence-corrected chi connectivity index (χ2v) is 16.9. The minimum atomic E-state index is -0.407. The molecule has 0 saturated carbocycles. The fourth-order valence-electron chi connectivity index (χ4n) is 5.97. The standard InChI is InChI=1S/C38H54O3/c1-34(2,3)25-21-24(23-17-16-18-28(39)30(23)37(10,11)12)32(40)31(38(13,14)15)29(25)22-19-26(35(4,5)6)33(41)27(20-22)36(7,8)9/h16-21,39-41H,1-15H3. The van der Waals surface area contributed by atoms with Crippen LogP contribution in [0.2, 0.25) is 0 Å². The molecule has 3 nitrogen and oxygen atoms in total. The predicted octanol–water partition coefficient (Wildman–Crippen LogP) is 10.6. The van der Waals surface area contributed by atoms with E-state index in [2.05, 4.69) is 122 Å². The van der Waals surface area contributed by atoms with Crippen LogP contribution < -0.4 is 0 Å². The van der Waals surface area contributed by atoms with E-state index in [1.54, 1.807) is 6.07 Å². The maximum atomic E-state index is 12.3. The third kappa shape index (κ3) is 6.30. The van der Waals surface area contributed by atoms with Crippen LogP contribution in [0.5, 0.6) is 17.2 Å². The first-order valence-corrected chi connectivity index (χ1v) is 14.9. The predicted molar refractivity (Wildman–Crippen MR) is 176 cm³/mol. The lowest BCUT2D eigenvalue weighted by Gasteiger charge is -2.35. The molecule has 0 spiro atoms. The Hall–Kier alpha value is -2.94. The molecule has 0 aromatic heterocycles. The molecule has 41 heavy (non-hydrogen) atoms. The highest BCUT2D eigenvalue weighted by atomic mass is 16.3. The number of aromatic hydroxyl groups is 3. The Morgan fingerprint density at radius 2 is 0.878 bits per heavy atom. The topological polar surface area (TPSA) is 60.7 Å². The average Bonchev–Trinajstić information content (AvgIpc) is 2.74. The third-order valence-corrected chi connectivity index (χ3v) is 7.96. The van der Waals surface area contributed by atoms with Crippen LogP contribution in [-0.2, 0) is 27.1 Å². The van der Waals surface area contributed by atoms with Crippen molar-refractivity contribution < 1.29 is 15.3 Å². The monoisotopic (exact) mass is 558 g/mol. The van der Waals surface area contributed by atoms with Gasteiger partial charge in [-0.25, -0.2) is 0 Å². The number of rotatable bonds is 2. The lowest BCUT2D eigenvalue weighted by atomic mass is 9.70. The van der Waals surface area contributed by atoms with Gasteiger partial charge in [0.15, 0.2) is 0 Å². The van der Waals surface area contributed by atoms with Crippen molar-refractivity contribution in [3.8, 4) is 39.5 Å². The third-order valence-electron chi connectivity index (χ3n) is 7.96. The number of benzene rings is 3. The summed E-state index contributed by atoms with van der Waals surface area (Å²) in [6.07, 6.45) is 0. The molecule has 0 saturated heterocycles. The number of phenols is 3. The zero-order valence-corrected chi connectivity index (χ0v) is 28.3. The Morgan fingerprint density at radius 1 is 0.439 bits per heavy atom. The van der Waals surface area contributed by atoms with Gasteiger partial charge in [0.25, 0.3) is 0 Å². The second-order valence-electron chi connectivity index (χ2n) is 16.9. The van der Waals surface area contributed by atoms with E-state index in [1.807, 2.05) is 12.1 Å². The second kappa shape index (κ2) is 10.1. The van der Waals surface area contributed by atoms with Crippen LogP contribution in [0.25, 0.3) is 22.3 Å². The molecule has 3 aromatic carbocycles. The van der Waals surface area contributed by atoms with E-state index in [4.69, 9.17) is 0 Å². The molecule has 0 bridgehead atoms. The largest absolute Gasteiger partial charge is 0.508 e. The van der Waals surface area contributed by atoms with Gasteiger partial charge in [-0.3, -0.25) is 0 Å². The quantitative estimate of drug-likeness (QED) is 0.293. The molecule has 3 heteroatoms. The molecule has 0 aliphatic carbocycles. The molecule has 0 unspecified atom stereocenters. The van der Waals surface area contributed by atoms with Crippen molar-refractivity contribution in [2.24, 2.45) is 0 Å². The molecule has 0 heterocycles. The molecule has 0 aliphatic rings. The molecular formula is C38H54O3. The maximum Gasteiger partial charge on any atom is 0.127 e. The Kier molecular flexibility index (Phi) is 8.03. The first-order valence-electron chi connectivity index (χ1n) is 14.9. The van der Waals surface area contributed by atoms with E-state index in [1.165, 1.54) is 0 Å². The van der Waals surface area contributed by atoms with Crippen molar-refractivity contribution in [2.45, 2.75) is 131 Å². The fourth-order valence-corrected chi connectivity index (χ4v) is 5.97. The van der Waals surface area contributed by atoms with Gasteiger partial charge in [0, 0.05) is 27.8 Å². The van der Waals surface area contributed by atoms with Crippen molar-refractivity contribution in [3.63, 3.8) is 0 Å². The molecule has 224 valence electrons. The van der Waals surface area contributed by atoms with Crippen LogP contribution in [0.15, 0.2) is 36.4 Å². The molecule has 0 atom stereocenters. The van der Waals surface area contributed by atoms with E-state index < -0.39 is 5.41 Å². The lowest BCUT2D eigenvalue weighted by Crippen LogP contribution is -2.22. The molecule has 3 rings (SSSR count).